The number of carboxylic acid groups (broad SMARTS) is 1. The van der Waals surface area contributed by atoms with E-state index in [1.54, 1.807) is 36.4 Å². The molecule has 2 bridgehead atoms. The van der Waals surface area contributed by atoms with Gasteiger partial charge in [0, 0.05) is 17.6 Å². The van der Waals surface area contributed by atoms with Crippen LogP contribution in [0, 0.1) is 11.8 Å². The maximum atomic E-state index is 12.5. The van der Waals surface area contributed by atoms with Gasteiger partial charge in [0.1, 0.15) is 11.5 Å². The monoisotopic (exact) mass is 350 g/mol. The van der Waals surface area contributed by atoms with Gasteiger partial charge in [-0.15, -0.1) is 0 Å². The standard InChI is InChI=1S/C20H17NO5/c22-19(17-15-10-11-16(26-15)18(17)20(23)24)21-12-6-8-14(9-7-12)25-13-4-2-1-3-5-13/h1-11,15-18H,(H,21,22)(H,23,24)/p-1/t15-,16+,17-,18-/m0/s1. The van der Waals surface area contributed by atoms with E-state index >= 15 is 0 Å². The molecule has 1 fully saturated rings. The van der Waals surface area contributed by atoms with E-state index in [0.717, 1.165) is 0 Å². The number of anilines is 1. The number of fused-ring (bicyclic) bond motifs is 2. The number of hydrogen-bond donors (Lipinski definition) is 1. The summed E-state index contributed by atoms with van der Waals surface area (Å²) in [7, 11) is 0. The largest absolute Gasteiger partial charge is 0.550 e. The first kappa shape index (κ1) is 16.4. The van der Waals surface area contributed by atoms with E-state index in [-0.39, 0.29) is 0 Å². The third-order valence-corrected chi connectivity index (χ3v) is 4.58. The molecule has 2 aliphatic rings. The maximum Gasteiger partial charge on any atom is 0.231 e. The van der Waals surface area contributed by atoms with E-state index in [0.29, 0.717) is 17.2 Å². The lowest BCUT2D eigenvalue weighted by Crippen LogP contribution is -2.45. The van der Waals surface area contributed by atoms with Gasteiger partial charge in [0.15, 0.2) is 0 Å². The number of nitrogens with one attached hydrogen (secondary N) is 1. The molecule has 0 spiro atoms. The Morgan fingerprint density at radius 3 is 2.15 bits per heavy atom. The molecule has 2 aromatic rings. The Balaban J connectivity index is 1.43. The lowest BCUT2D eigenvalue weighted by Gasteiger charge is -2.25. The third kappa shape index (κ3) is 3.07. The number of amides is 1. The van der Waals surface area contributed by atoms with Crippen LogP contribution in [0.2, 0.25) is 0 Å². The van der Waals surface area contributed by atoms with Gasteiger partial charge in [-0.05, 0) is 36.4 Å². The van der Waals surface area contributed by atoms with Crippen molar-refractivity contribution in [2.24, 2.45) is 11.8 Å². The summed E-state index contributed by atoms with van der Waals surface area (Å²) in [5, 5.41) is 14.1. The van der Waals surface area contributed by atoms with Crippen molar-refractivity contribution in [1.29, 1.82) is 0 Å². The number of hydrogen-bond acceptors (Lipinski definition) is 5. The molecule has 26 heavy (non-hydrogen) atoms. The molecule has 2 heterocycles. The summed E-state index contributed by atoms with van der Waals surface area (Å²) < 4.78 is 11.2. The molecule has 0 aromatic heterocycles. The quantitative estimate of drug-likeness (QED) is 0.830. The first-order chi connectivity index (χ1) is 12.6. The molecule has 1 N–H and O–H groups in total. The van der Waals surface area contributed by atoms with Crippen LogP contribution in [0.5, 0.6) is 11.5 Å². The topological polar surface area (TPSA) is 87.7 Å². The molecular formula is C20H16NO5-. The van der Waals surface area contributed by atoms with Gasteiger partial charge in [-0.25, -0.2) is 0 Å². The molecule has 0 radical (unpaired) electrons. The molecule has 0 saturated carbocycles. The molecule has 0 unspecified atom stereocenters. The number of carboxylic acids is 1. The summed E-state index contributed by atoms with van der Waals surface area (Å²) in [6.07, 6.45) is 2.28. The summed E-state index contributed by atoms with van der Waals surface area (Å²) >= 11 is 0. The molecule has 4 atom stereocenters. The number of carbonyl (C=O) groups excluding carboxylic acids is 2. The summed E-state index contributed by atoms with van der Waals surface area (Å²) in [6.45, 7) is 0. The van der Waals surface area contributed by atoms with Crippen LogP contribution >= 0.6 is 0 Å². The molecule has 4 rings (SSSR count). The zero-order chi connectivity index (χ0) is 18.1. The van der Waals surface area contributed by atoms with E-state index in [4.69, 9.17) is 9.47 Å². The van der Waals surface area contributed by atoms with Crippen LogP contribution in [0.15, 0.2) is 66.7 Å². The number of benzene rings is 2. The molecule has 2 aliphatic heterocycles. The number of para-hydroxylation sites is 1. The van der Waals surface area contributed by atoms with Crippen LogP contribution < -0.4 is 15.2 Å². The molecule has 6 nitrogen and oxygen atoms in total. The Morgan fingerprint density at radius 2 is 1.50 bits per heavy atom. The minimum atomic E-state index is -1.27. The van der Waals surface area contributed by atoms with Crippen LogP contribution in [-0.2, 0) is 14.3 Å². The van der Waals surface area contributed by atoms with Crippen LogP contribution in [0.1, 0.15) is 0 Å². The van der Waals surface area contributed by atoms with Crippen molar-refractivity contribution in [2.75, 3.05) is 5.32 Å². The smallest absolute Gasteiger partial charge is 0.231 e. The predicted octanol–water partition coefficient (Wildman–Crippen LogP) is 1.74. The SMILES string of the molecule is O=C(Nc1ccc(Oc2ccccc2)cc1)[C@@H]1[C@@H](C(=O)[O-])[C@H]2C=C[C@@H]1O2. The molecule has 1 amide bonds. The first-order valence-electron chi connectivity index (χ1n) is 8.30. The van der Waals surface area contributed by atoms with Crippen molar-refractivity contribution in [3.63, 3.8) is 0 Å². The van der Waals surface area contributed by atoms with Gasteiger partial charge >= 0.3 is 0 Å². The van der Waals surface area contributed by atoms with Crippen LogP contribution in [0.25, 0.3) is 0 Å². The molecule has 0 aliphatic carbocycles. The molecule has 132 valence electrons. The number of rotatable bonds is 5. The number of carbonyl (C=O) groups is 2. The van der Waals surface area contributed by atoms with E-state index in [1.807, 2.05) is 30.3 Å². The van der Waals surface area contributed by atoms with E-state index < -0.39 is 35.9 Å². The lowest BCUT2D eigenvalue weighted by molar-refractivity contribution is -0.313. The zero-order valence-corrected chi connectivity index (χ0v) is 13.7. The third-order valence-electron chi connectivity index (χ3n) is 4.58. The fourth-order valence-electron chi connectivity index (χ4n) is 3.36. The second kappa shape index (κ2) is 6.65. The molecule has 2 aromatic carbocycles. The van der Waals surface area contributed by atoms with E-state index in [2.05, 4.69) is 5.32 Å². The van der Waals surface area contributed by atoms with Crippen molar-refractivity contribution in [1.82, 2.24) is 0 Å². The second-order valence-electron chi connectivity index (χ2n) is 6.25. The average Bonchev–Trinajstić information content (AvgIpc) is 3.25. The van der Waals surface area contributed by atoms with Crippen molar-refractivity contribution in [3.05, 3.63) is 66.7 Å². The highest BCUT2D eigenvalue weighted by molar-refractivity contribution is 5.96. The number of ether oxygens (including phenoxy) is 2. The maximum absolute atomic E-state index is 12.5. The van der Waals surface area contributed by atoms with Gasteiger partial charge in [-0.2, -0.15) is 0 Å². The summed E-state index contributed by atoms with van der Waals surface area (Å²) in [5.41, 5.74) is 0.555. The van der Waals surface area contributed by atoms with Gasteiger partial charge < -0.3 is 24.7 Å². The Kier molecular flexibility index (Phi) is 4.18. The van der Waals surface area contributed by atoms with Crippen molar-refractivity contribution in [2.45, 2.75) is 12.2 Å². The zero-order valence-electron chi connectivity index (χ0n) is 13.7. The summed E-state index contributed by atoms with van der Waals surface area (Å²) in [4.78, 5) is 23.9. The van der Waals surface area contributed by atoms with Crippen molar-refractivity contribution in [3.8, 4) is 11.5 Å². The number of aliphatic carboxylic acids is 1. The minimum Gasteiger partial charge on any atom is -0.550 e. The van der Waals surface area contributed by atoms with Gasteiger partial charge in [0.05, 0.1) is 18.1 Å². The highest BCUT2D eigenvalue weighted by atomic mass is 16.5. The van der Waals surface area contributed by atoms with Gasteiger partial charge in [0.25, 0.3) is 0 Å². The highest BCUT2D eigenvalue weighted by Crippen LogP contribution is 2.39. The molecular weight excluding hydrogens is 334 g/mol. The van der Waals surface area contributed by atoms with Crippen molar-refractivity contribution >= 4 is 17.6 Å². The fourth-order valence-corrected chi connectivity index (χ4v) is 3.36. The van der Waals surface area contributed by atoms with Gasteiger partial charge in [0.2, 0.25) is 5.91 Å². The van der Waals surface area contributed by atoms with Crippen LogP contribution in [-0.4, -0.2) is 24.1 Å². The highest BCUT2D eigenvalue weighted by Gasteiger charge is 2.50. The summed E-state index contributed by atoms with van der Waals surface area (Å²) in [5.74, 6) is -2.08. The molecule has 1 saturated heterocycles. The second-order valence-corrected chi connectivity index (χ2v) is 6.25. The van der Waals surface area contributed by atoms with Crippen LogP contribution in [0.4, 0.5) is 5.69 Å². The fraction of sp³-hybridized carbons (Fsp3) is 0.200. The summed E-state index contributed by atoms with van der Waals surface area (Å²) in [6, 6.07) is 16.2. The lowest BCUT2D eigenvalue weighted by atomic mass is 9.82. The van der Waals surface area contributed by atoms with Gasteiger partial charge in [-0.3, -0.25) is 4.79 Å². The van der Waals surface area contributed by atoms with Crippen LogP contribution in [0.3, 0.4) is 0 Å². The molecule has 6 heteroatoms. The predicted molar refractivity (Wildman–Crippen MR) is 91.4 cm³/mol. The van der Waals surface area contributed by atoms with E-state index in [1.165, 1.54) is 0 Å². The normalized spacial score (nSPS) is 25.8. The Hall–Kier alpha value is -3.12. The Bertz CT molecular complexity index is 846. The Morgan fingerprint density at radius 1 is 0.885 bits per heavy atom. The van der Waals surface area contributed by atoms with Gasteiger partial charge in [-0.1, -0.05) is 30.4 Å². The average molecular weight is 350 g/mol. The van der Waals surface area contributed by atoms with E-state index in [9.17, 15) is 14.7 Å². The minimum absolute atomic E-state index is 0.396. The van der Waals surface area contributed by atoms with Crippen molar-refractivity contribution < 1.29 is 24.2 Å². The Labute approximate surface area is 150 Å². The first-order valence-corrected chi connectivity index (χ1v) is 8.30.